The lowest BCUT2D eigenvalue weighted by molar-refractivity contribution is -0.117. The number of halogens is 1. The zero-order chi connectivity index (χ0) is 17.7. The number of hydrogen-bond acceptors (Lipinski definition) is 4. The highest BCUT2D eigenvalue weighted by Gasteiger charge is 2.24. The number of methoxy groups -OCH3 is 1. The number of hydrogen-bond donors (Lipinski definition) is 2. The van der Waals surface area contributed by atoms with Crippen LogP contribution in [0.2, 0.25) is 0 Å². The zero-order valence-corrected chi connectivity index (χ0v) is 13.9. The van der Waals surface area contributed by atoms with E-state index < -0.39 is 32.7 Å². The first-order valence-corrected chi connectivity index (χ1v) is 8.53. The van der Waals surface area contributed by atoms with Gasteiger partial charge >= 0.3 is 0 Å². The third-order valence-electron chi connectivity index (χ3n) is 3.21. The van der Waals surface area contributed by atoms with Gasteiger partial charge in [0.25, 0.3) is 0 Å². The maximum atomic E-state index is 13.6. The van der Waals surface area contributed by atoms with E-state index >= 15 is 0 Å². The summed E-state index contributed by atoms with van der Waals surface area (Å²) in [4.78, 5) is 11.6. The van der Waals surface area contributed by atoms with Crippen LogP contribution in [0.4, 0.5) is 10.1 Å². The van der Waals surface area contributed by atoms with Crippen molar-refractivity contribution < 1.29 is 22.3 Å². The minimum atomic E-state index is -4.14. The third-order valence-corrected chi connectivity index (χ3v) is 4.78. The molecule has 0 saturated heterocycles. The Morgan fingerprint density at radius 2 is 1.75 bits per heavy atom. The zero-order valence-electron chi connectivity index (χ0n) is 13.1. The fourth-order valence-corrected chi connectivity index (χ4v) is 3.22. The highest BCUT2D eigenvalue weighted by Crippen LogP contribution is 2.16. The SMILES string of the molecule is COc1ccc(NC(=O)[C@H](C)NS(=O)(=O)c2ccccc2F)cc1. The lowest BCUT2D eigenvalue weighted by Crippen LogP contribution is -2.41. The van der Waals surface area contributed by atoms with Crippen LogP contribution in [-0.4, -0.2) is 27.5 Å². The van der Waals surface area contributed by atoms with Gasteiger partial charge in [-0.1, -0.05) is 12.1 Å². The number of benzene rings is 2. The van der Waals surface area contributed by atoms with Crippen molar-refractivity contribution in [3.05, 3.63) is 54.3 Å². The average Bonchev–Trinajstić information content (AvgIpc) is 2.55. The van der Waals surface area contributed by atoms with Crippen LogP contribution >= 0.6 is 0 Å². The van der Waals surface area contributed by atoms with E-state index in [1.54, 1.807) is 24.3 Å². The van der Waals surface area contributed by atoms with Gasteiger partial charge < -0.3 is 10.1 Å². The maximum Gasteiger partial charge on any atom is 0.244 e. The van der Waals surface area contributed by atoms with E-state index in [0.29, 0.717) is 11.4 Å². The first-order valence-electron chi connectivity index (χ1n) is 7.05. The minimum absolute atomic E-state index is 0.484. The van der Waals surface area contributed by atoms with Crippen LogP contribution in [0.5, 0.6) is 5.75 Å². The van der Waals surface area contributed by atoms with Gasteiger partial charge in [-0.2, -0.15) is 4.72 Å². The molecule has 0 unspecified atom stereocenters. The first kappa shape index (κ1) is 17.9. The molecule has 0 aromatic heterocycles. The Kier molecular flexibility index (Phi) is 5.53. The molecule has 8 heteroatoms. The molecule has 0 spiro atoms. The first-order chi connectivity index (χ1) is 11.3. The van der Waals surface area contributed by atoms with Gasteiger partial charge in [0.1, 0.15) is 16.5 Å². The number of rotatable bonds is 6. The predicted molar refractivity (Wildman–Crippen MR) is 87.8 cm³/mol. The second-order valence-corrected chi connectivity index (χ2v) is 6.67. The fourth-order valence-electron chi connectivity index (χ4n) is 1.94. The van der Waals surface area contributed by atoms with E-state index in [-0.39, 0.29) is 0 Å². The van der Waals surface area contributed by atoms with Gasteiger partial charge in [0.15, 0.2) is 0 Å². The molecular weight excluding hydrogens is 335 g/mol. The summed E-state index contributed by atoms with van der Waals surface area (Å²) < 4.78 is 45.1. The highest BCUT2D eigenvalue weighted by molar-refractivity contribution is 7.89. The number of ether oxygens (including phenoxy) is 1. The van der Waals surface area contributed by atoms with Crippen molar-refractivity contribution in [3.8, 4) is 5.75 Å². The maximum absolute atomic E-state index is 13.6. The van der Waals surface area contributed by atoms with E-state index in [0.717, 1.165) is 12.1 Å². The number of carbonyl (C=O) groups is 1. The van der Waals surface area contributed by atoms with Crippen LogP contribution in [0.15, 0.2) is 53.4 Å². The molecule has 0 aliphatic carbocycles. The van der Waals surface area contributed by atoms with Crippen molar-refractivity contribution in [2.24, 2.45) is 0 Å². The highest BCUT2D eigenvalue weighted by atomic mass is 32.2. The molecule has 2 aromatic carbocycles. The minimum Gasteiger partial charge on any atom is -0.497 e. The quantitative estimate of drug-likeness (QED) is 0.834. The summed E-state index contributed by atoms with van der Waals surface area (Å²) in [5.74, 6) is -0.825. The summed E-state index contributed by atoms with van der Waals surface area (Å²) >= 11 is 0. The lowest BCUT2D eigenvalue weighted by atomic mass is 10.2. The fraction of sp³-hybridized carbons (Fsp3) is 0.188. The second-order valence-electron chi connectivity index (χ2n) is 4.99. The third kappa shape index (κ3) is 4.30. The standard InChI is InChI=1S/C16H17FN2O4S/c1-11(16(20)18-12-7-9-13(23-2)10-8-12)19-24(21,22)15-6-4-3-5-14(15)17/h3-11,19H,1-2H3,(H,18,20)/t11-/m0/s1. The number of sulfonamides is 1. The molecular formula is C16H17FN2O4S. The molecule has 0 fully saturated rings. The molecule has 0 radical (unpaired) electrons. The summed E-state index contributed by atoms with van der Waals surface area (Å²) in [6.07, 6.45) is 0. The van der Waals surface area contributed by atoms with Crippen LogP contribution in [0.25, 0.3) is 0 Å². The Balaban J connectivity index is 2.06. The second kappa shape index (κ2) is 7.41. The largest absolute Gasteiger partial charge is 0.497 e. The molecule has 128 valence electrons. The molecule has 2 N–H and O–H groups in total. The molecule has 0 bridgehead atoms. The van der Waals surface area contributed by atoms with Crippen molar-refractivity contribution >= 4 is 21.6 Å². The van der Waals surface area contributed by atoms with E-state index in [2.05, 4.69) is 10.0 Å². The van der Waals surface area contributed by atoms with Crippen LogP contribution < -0.4 is 14.8 Å². The predicted octanol–water partition coefficient (Wildman–Crippen LogP) is 2.14. The van der Waals surface area contributed by atoms with Gasteiger partial charge in [-0.05, 0) is 43.3 Å². The Bertz CT molecular complexity index is 822. The van der Waals surface area contributed by atoms with Crippen LogP contribution in [0, 0.1) is 5.82 Å². The molecule has 6 nitrogen and oxygen atoms in total. The summed E-state index contributed by atoms with van der Waals surface area (Å²) in [7, 11) is -2.62. The molecule has 2 rings (SSSR count). The summed E-state index contributed by atoms with van der Waals surface area (Å²) in [5, 5.41) is 2.57. The molecule has 1 atom stereocenters. The van der Waals surface area contributed by atoms with Crippen LogP contribution in [0.1, 0.15) is 6.92 Å². The number of amides is 1. The smallest absolute Gasteiger partial charge is 0.244 e. The van der Waals surface area contributed by atoms with Crippen molar-refractivity contribution in [1.29, 1.82) is 0 Å². The molecule has 24 heavy (non-hydrogen) atoms. The van der Waals surface area contributed by atoms with Gasteiger partial charge in [0, 0.05) is 5.69 Å². The van der Waals surface area contributed by atoms with E-state index in [1.807, 2.05) is 0 Å². The van der Waals surface area contributed by atoms with E-state index in [9.17, 15) is 17.6 Å². The number of carbonyl (C=O) groups excluding carboxylic acids is 1. The molecule has 0 heterocycles. The molecule has 0 aliphatic rings. The van der Waals surface area contributed by atoms with Gasteiger partial charge in [0.2, 0.25) is 15.9 Å². The molecule has 0 aliphatic heterocycles. The van der Waals surface area contributed by atoms with Gasteiger partial charge in [-0.3, -0.25) is 4.79 Å². The van der Waals surface area contributed by atoms with Crippen LogP contribution in [0.3, 0.4) is 0 Å². The summed E-state index contributed by atoms with van der Waals surface area (Å²) in [6.45, 7) is 1.37. The van der Waals surface area contributed by atoms with E-state index in [4.69, 9.17) is 4.74 Å². The van der Waals surface area contributed by atoms with Crippen molar-refractivity contribution in [3.63, 3.8) is 0 Å². The summed E-state index contributed by atoms with van der Waals surface area (Å²) in [5.41, 5.74) is 0.484. The van der Waals surface area contributed by atoms with Crippen molar-refractivity contribution in [2.45, 2.75) is 17.9 Å². The number of anilines is 1. The average molecular weight is 352 g/mol. The van der Waals surface area contributed by atoms with Crippen molar-refractivity contribution in [1.82, 2.24) is 4.72 Å². The van der Waals surface area contributed by atoms with Gasteiger partial charge in [-0.25, -0.2) is 12.8 Å². The number of nitrogens with one attached hydrogen (secondary N) is 2. The normalized spacial score (nSPS) is 12.5. The Morgan fingerprint density at radius 1 is 1.12 bits per heavy atom. The summed E-state index contributed by atoms with van der Waals surface area (Å²) in [6, 6.07) is 10.4. The molecule has 0 saturated carbocycles. The Hall–Kier alpha value is -2.45. The lowest BCUT2D eigenvalue weighted by Gasteiger charge is -2.15. The molecule has 1 amide bonds. The Morgan fingerprint density at radius 3 is 2.33 bits per heavy atom. The molecule has 2 aromatic rings. The topological polar surface area (TPSA) is 84.5 Å². The Labute approximate surface area is 139 Å². The van der Waals surface area contributed by atoms with Crippen LogP contribution in [-0.2, 0) is 14.8 Å². The van der Waals surface area contributed by atoms with Crippen molar-refractivity contribution in [2.75, 3.05) is 12.4 Å². The monoisotopic (exact) mass is 352 g/mol. The van der Waals surface area contributed by atoms with E-state index in [1.165, 1.54) is 26.2 Å². The van der Waals surface area contributed by atoms with Gasteiger partial charge in [-0.15, -0.1) is 0 Å². The van der Waals surface area contributed by atoms with Gasteiger partial charge in [0.05, 0.1) is 13.2 Å².